The van der Waals surface area contributed by atoms with Gasteiger partial charge in [0.2, 0.25) is 0 Å². The number of carbonyl (C=O) groups excluding carboxylic acids is 1. The Hall–Kier alpha value is -1.06. The van der Waals surface area contributed by atoms with E-state index < -0.39 is 0 Å². The van der Waals surface area contributed by atoms with Crippen molar-refractivity contribution in [2.24, 2.45) is 0 Å². The maximum atomic E-state index is 9.56. The van der Waals surface area contributed by atoms with Crippen molar-refractivity contribution >= 4 is 12.3 Å². The van der Waals surface area contributed by atoms with Crippen molar-refractivity contribution in [2.75, 3.05) is 13.7 Å². The van der Waals surface area contributed by atoms with E-state index in [9.17, 15) is 4.79 Å². The lowest BCUT2D eigenvalue weighted by atomic mass is 10.2. The molecule has 0 saturated carbocycles. The summed E-state index contributed by atoms with van der Waals surface area (Å²) in [6.07, 6.45) is 2.36. The highest BCUT2D eigenvalue weighted by Gasteiger charge is 1.92. The smallest absolute Gasteiger partial charge is 0.417 e. The topological polar surface area (TPSA) is 62.2 Å². The van der Waals surface area contributed by atoms with Gasteiger partial charge in [0, 0.05) is 13.5 Å². The molecule has 4 heteroatoms. The number of unbranched alkanes of at least 4 members (excludes halogenated alkanes) is 1. The monoisotopic (exact) mass is 157 g/mol. The molecule has 4 nitrogen and oxygen atoms in total. The average molecular weight is 157 g/mol. The van der Waals surface area contributed by atoms with Crippen LogP contribution in [0, 0.1) is 5.41 Å². The zero-order chi connectivity index (χ0) is 8.53. The van der Waals surface area contributed by atoms with Gasteiger partial charge in [0.15, 0.2) is 0 Å². The lowest BCUT2D eigenvalue weighted by molar-refractivity contribution is 0.271. The molecule has 0 heterocycles. The molecule has 0 unspecified atom stereocenters. The molecule has 0 aliphatic rings. The molecule has 63 valence electrons. The summed E-state index contributed by atoms with van der Waals surface area (Å²) in [6.45, 7) is 1.75. The third-order valence-electron chi connectivity index (χ3n) is 1.28. The Bertz CT molecular complexity index is 126. The minimum Gasteiger partial charge on any atom is -0.457 e. The molecule has 11 heavy (non-hydrogen) atoms. The van der Waals surface area contributed by atoms with Crippen LogP contribution in [0.25, 0.3) is 0 Å². The molecule has 0 aromatic rings. The first-order chi connectivity index (χ1) is 5.31. The molecule has 0 rings (SSSR count). The maximum Gasteiger partial charge on any atom is 0.417 e. The summed E-state index contributed by atoms with van der Waals surface area (Å²) in [7, 11) is 1.72. The lowest BCUT2D eigenvalue weighted by Crippen LogP contribution is -2.16. The van der Waals surface area contributed by atoms with Crippen molar-refractivity contribution < 1.29 is 9.53 Å². The standard InChI is InChI=1S/C7H13N2O2/c1-9-7(8)4-2-3-5-11-6-10/h2-5H2,1H3,(H2,8,9). The quantitative estimate of drug-likeness (QED) is 0.334. The molecule has 0 bridgehead atoms. The highest BCUT2D eigenvalue weighted by molar-refractivity contribution is 5.78. The Morgan fingerprint density at radius 3 is 2.91 bits per heavy atom. The summed E-state index contributed by atoms with van der Waals surface area (Å²) in [6, 6.07) is 0. The van der Waals surface area contributed by atoms with Crippen molar-refractivity contribution in [1.29, 1.82) is 5.41 Å². The molecule has 0 amide bonds. The van der Waals surface area contributed by atoms with Gasteiger partial charge in [0.25, 0.3) is 0 Å². The van der Waals surface area contributed by atoms with Crippen LogP contribution in [0.3, 0.4) is 0 Å². The van der Waals surface area contributed by atoms with E-state index in [2.05, 4.69) is 10.1 Å². The van der Waals surface area contributed by atoms with Gasteiger partial charge in [0.1, 0.15) is 0 Å². The summed E-state index contributed by atoms with van der Waals surface area (Å²) in [4.78, 5) is 9.56. The largest absolute Gasteiger partial charge is 0.457 e. The normalized spacial score (nSPS) is 8.82. The number of hydrogen-bond acceptors (Lipinski definition) is 3. The van der Waals surface area contributed by atoms with Crippen LogP contribution in [0.4, 0.5) is 0 Å². The van der Waals surface area contributed by atoms with Crippen LogP contribution in [-0.2, 0) is 9.53 Å². The first-order valence-electron chi connectivity index (χ1n) is 3.55. The van der Waals surface area contributed by atoms with Crippen molar-refractivity contribution in [3.8, 4) is 0 Å². The summed E-state index contributed by atoms with van der Waals surface area (Å²) in [5.74, 6) is 0.514. The Labute approximate surface area is 66.4 Å². The molecule has 0 fully saturated rings. The predicted octanol–water partition coefficient (Wildman–Crippen LogP) is 0.437. The van der Waals surface area contributed by atoms with Gasteiger partial charge in [-0.3, -0.25) is 5.41 Å². The van der Waals surface area contributed by atoms with Crippen LogP contribution in [0.1, 0.15) is 19.3 Å². The molecule has 0 aliphatic carbocycles. The summed E-state index contributed by atoms with van der Waals surface area (Å²) in [5, 5.41) is 9.91. The molecule has 0 saturated heterocycles. The van der Waals surface area contributed by atoms with E-state index in [1.165, 1.54) is 6.47 Å². The predicted molar refractivity (Wildman–Crippen MR) is 42.3 cm³/mol. The molecule has 2 N–H and O–H groups in total. The number of hydrogen-bond donors (Lipinski definition) is 2. The fraction of sp³-hybridized carbons (Fsp3) is 0.714. The van der Waals surface area contributed by atoms with Crippen molar-refractivity contribution in [3.63, 3.8) is 0 Å². The van der Waals surface area contributed by atoms with Gasteiger partial charge in [-0.05, 0) is 12.8 Å². The molecule has 0 aromatic heterocycles. The number of ether oxygens (including phenoxy) is 1. The van der Waals surface area contributed by atoms with E-state index in [0.717, 1.165) is 12.8 Å². The van der Waals surface area contributed by atoms with Crippen LogP contribution in [-0.4, -0.2) is 26.0 Å². The second kappa shape index (κ2) is 7.05. The van der Waals surface area contributed by atoms with Gasteiger partial charge in [-0.25, -0.2) is 4.79 Å². The van der Waals surface area contributed by atoms with Crippen molar-refractivity contribution in [3.05, 3.63) is 0 Å². The van der Waals surface area contributed by atoms with Crippen LogP contribution in [0.2, 0.25) is 0 Å². The molecular formula is C7H13N2O2. The summed E-state index contributed by atoms with van der Waals surface area (Å²) < 4.78 is 4.35. The zero-order valence-corrected chi connectivity index (χ0v) is 6.64. The maximum absolute atomic E-state index is 9.56. The number of nitrogens with one attached hydrogen (secondary N) is 2. The highest BCUT2D eigenvalue weighted by atomic mass is 16.5. The number of amidine groups is 1. The molecule has 0 atom stereocenters. The SMILES string of the molecule is CNC(=N)CCCCO[C]=O. The van der Waals surface area contributed by atoms with E-state index in [4.69, 9.17) is 5.41 Å². The summed E-state index contributed by atoms with van der Waals surface area (Å²) >= 11 is 0. The first kappa shape index (κ1) is 9.94. The zero-order valence-electron chi connectivity index (χ0n) is 6.64. The van der Waals surface area contributed by atoms with Gasteiger partial charge < -0.3 is 10.1 Å². The Morgan fingerprint density at radius 1 is 1.64 bits per heavy atom. The highest BCUT2D eigenvalue weighted by Crippen LogP contribution is 1.94. The van der Waals surface area contributed by atoms with E-state index in [-0.39, 0.29) is 0 Å². The van der Waals surface area contributed by atoms with Gasteiger partial charge in [-0.2, -0.15) is 0 Å². The first-order valence-corrected chi connectivity index (χ1v) is 3.55. The Morgan fingerprint density at radius 2 is 2.36 bits per heavy atom. The fourth-order valence-corrected chi connectivity index (χ4v) is 0.643. The van der Waals surface area contributed by atoms with Crippen molar-refractivity contribution in [1.82, 2.24) is 5.32 Å². The molecule has 0 aliphatic heterocycles. The minimum atomic E-state index is 0.403. The van der Waals surface area contributed by atoms with Gasteiger partial charge in [0.05, 0.1) is 12.4 Å². The van der Waals surface area contributed by atoms with Gasteiger partial charge >= 0.3 is 6.47 Å². The number of rotatable bonds is 6. The lowest BCUT2D eigenvalue weighted by Gasteiger charge is -2.00. The van der Waals surface area contributed by atoms with Crippen LogP contribution < -0.4 is 5.32 Å². The third kappa shape index (κ3) is 6.83. The Kier molecular flexibility index (Phi) is 6.37. The van der Waals surface area contributed by atoms with E-state index in [1.807, 2.05) is 0 Å². The van der Waals surface area contributed by atoms with E-state index in [1.54, 1.807) is 7.05 Å². The Balaban J connectivity index is 3.01. The molecule has 0 spiro atoms. The van der Waals surface area contributed by atoms with Crippen LogP contribution in [0.5, 0.6) is 0 Å². The molecular weight excluding hydrogens is 144 g/mol. The third-order valence-corrected chi connectivity index (χ3v) is 1.28. The van der Waals surface area contributed by atoms with Crippen LogP contribution in [0.15, 0.2) is 0 Å². The summed E-state index contributed by atoms with van der Waals surface area (Å²) in [5.41, 5.74) is 0. The second-order valence-corrected chi connectivity index (χ2v) is 2.12. The van der Waals surface area contributed by atoms with Crippen LogP contribution >= 0.6 is 0 Å². The molecule has 0 aromatic carbocycles. The van der Waals surface area contributed by atoms with Gasteiger partial charge in [-0.1, -0.05) is 0 Å². The average Bonchev–Trinajstić information content (AvgIpc) is 2.04. The van der Waals surface area contributed by atoms with Crippen molar-refractivity contribution in [2.45, 2.75) is 19.3 Å². The second-order valence-electron chi connectivity index (χ2n) is 2.12. The van der Waals surface area contributed by atoms with E-state index >= 15 is 0 Å². The molecule has 1 radical (unpaired) electrons. The van der Waals surface area contributed by atoms with Gasteiger partial charge in [-0.15, -0.1) is 0 Å². The fourth-order valence-electron chi connectivity index (χ4n) is 0.643. The van der Waals surface area contributed by atoms with E-state index in [0.29, 0.717) is 18.9 Å². The minimum absolute atomic E-state index is 0.403.